The Morgan fingerprint density at radius 2 is 2.18 bits per heavy atom. The van der Waals surface area contributed by atoms with Gasteiger partial charge in [0.05, 0.1) is 12.5 Å². The molecule has 0 bridgehead atoms. The summed E-state index contributed by atoms with van der Waals surface area (Å²) in [6.07, 6.45) is 4.11. The summed E-state index contributed by atoms with van der Waals surface area (Å²) < 4.78 is 19.0. The van der Waals surface area contributed by atoms with Crippen molar-refractivity contribution in [2.24, 2.45) is 15.7 Å². The Morgan fingerprint density at radius 3 is 2.95 bits per heavy atom. The maximum Gasteiger partial charge on any atom is 0.198 e. The van der Waals surface area contributed by atoms with Gasteiger partial charge in [-0.2, -0.15) is 0 Å². The molecule has 0 fully saturated rings. The monoisotopic (exact) mass is 298 g/mol. The number of guanidine groups is 1. The molecule has 2 aliphatic heterocycles. The van der Waals surface area contributed by atoms with E-state index in [1.165, 1.54) is 12.1 Å². The second-order valence-electron chi connectivity index (χ2n) is 5.41. The Morgan fingerprint density at radius 1 is 1.27 bits per heavy atom. The van der Waals surface area contributed by atoms with Gasteiger partial charge in [-0.05, 0) is 30.2 Å². The molecule has 5 nitrogen and oxygen atoms in total. The number of fused-ring (bicyclic) bond motifs is 1. The molecule has 1 unspecified atom stereocenters. The summed E-state index contributed by atoms with van der Waals surface area (Å²) in [6, 6.07) is 8.22. The van der Waals surface area contributed by atoms with Gasteiger partial charge >= 0.3 is 0 Å². The number of hydrogen-bond donors (Lipinski definition) is 1. The van der Waals surface area contributed by atoms with Crippen LogP contribution in [0.15, 0.2) is 57.3 Å². The predicted molar refractivity (Wildman–Crippen MR) is 81.1 cm³/mol. The van der Waals surface area contributed by atoms with Crippen LogP contribution >= 0.6 is 0 Å². The zero-order valence-electron chi connectivity index (χ0n) is 11.9. The molecule has 1 aromatic heterocycles. The van der Waals surface area contributed by atoms with E-state index in [1.54, 1.807) is 18.6 Å². The summed E-state index contributed by atoms with van der Waals surface area (Å²) in [5.41, 5.74) is 6.68. The molecule has 1 atom stereocenters. The van der Waals surface area contributed by atoms with Crippen molar-refractivity contribution in [3.05, 3.63) is 59.8 Å². The van der Waals surface area contributed by atoms with Crippen LogP contribution in [0.3, 0.4) is 0 Å². The molecule has 2 N–H and O–H groups in total. The summed E-state index contributed by atoms with van der Waals surface area (Å²) >= 11 is 0. The summed E-state index contributed by atoms with van der Waals surface area (Å²) in [4.78, 5) is 11.2. The molecule has 1 aromatic carbocycles. The predicted octanol–water partition coefficient (Wildman–Crippen LogP) is 2.09. The molecule has 0 saturated carbocycles. The van der Waals surface area contributed by atoms with E-state index in [1.807, 2.05) is 17.0 Å². The van der Waals surface area contributed by atoms with Gasteiger partial charge < -0.3 is 10.2 Å². The molecule has 22 heavy (non-hydrogen) atoms. The lowest BCUT2D eigenvalue weighted by Gasteiger charge is -2.31. The minimum Gasteiger partial charge on any atom is -0.472 e. The molecule has 0 saturated heterocycles. The first kappa shape index (κ1) is 13.1. The number of nitrogens with zero attached hydrogens (tertiary/aromatic N) is 3. The van der Waals surface area contributed by atoms with Gasteiger partial charge in [0.25, 0.3) is 0 Å². The first-order valence-corrected chi connectivity index (χ1v) is 7.18. The van der Waals surface area contributed by atoms with Crippen molar-refractivity contribution in [2.75, 3.05) is 13.1 Å². The third kappa shape index (κ3) is 1.70. The molecule has 0 aliphatic carbocycles. The molecule has 0 amide bonds. The maximum absolute atomic E-state index is 13.8. The second kappa shape index (κ2) is 4.69. The third-order valence-electron chi connectivity index (χ3n) is 4.12. The summed E-state index contributed by atoms with van der Waals surface area (Å²) in [5, 5.41) is 0. The Kier molecular flexibility index (Phi) is 2.79. The van der Waals surface area contributed by atoms with Crippen LogP contribution in [0.5, 0.6) is 0 Å². The van der Waals surface area contributed by atoms with Crippen LogP contribution in [-0.4, -0.2) is 29.8 Å². The van der Waals surface area contributed by atoms with Crippen molar-refractivity contribution in [1.29, 1.82) is 0 Å². The van der Waals surface area contributed by atoms with Gasteiger partial charge in [-0.25, -0.2) is 9.38 Å². The topological polar surface area (TPSA) is 67.1 Å². The molecule has 6 heteroatoms. The van der Waals surface area contributed by atoms with Crippen molar-refractivity contribution < 1.29 is 8.81 Å². The van der Waals surface area contributed by atoms with Crippen LogP contribution in [-0.2, 0) is 5.54 Å². The van der Waals surface area contributed by atoms with Crippen molar-refractivity contribution >= 4 is 11.8 Å². The fraction of sp³-hybridized carbons (Fsp3) is 0.250. The maximum atomic E-state index is 13.8. The molecule has 0 radical (unpaired) electrons. The SMILES string of the molecule is NC1=NC(c2ccoc2)(c2cccc(F)c2)C2=NCCCN12. The minimum atomic E-state index is -0.931. The minimum absolute atomic E-state index is 0.316. The highest BCUT2D eigenvalue weighted by Gasteiger charge is 2.49. The van der Waals surface area contributed by atoms with Crippen LogP contribution in [0.2, 0.25) is 0 Å². The van der Waals surface area contributed by atoms with E-state index in [4.69, 9.17) is 10.2 Å². The zero-order valence-corrected chi connectivity index (χ0v) is 11.9. The molecule has 0 spiro atoms. The highest BCUT2D eigenvalue weighted by Crippen LogP contribution is 2.41. The standard InChI is InChI=1S/C16H15FN4O/c17-13-4-1-3-11(9-13)16(12-5-8-22-10-12)14-19-6-2-7-21(14)15(18)20-16/h1,3-5,8-10H,2,6-7H2,(H2,18,20). The van der Waals surface area contributed by atoms with Crippen LogP contribution in [0, 0.1) is 5.82 Å². The molecule has 112 valence electrons. The molecular formula is C16H15FN4O. The van der Waals surface area contributed by atoms with E-state index in [0.29, 0.717) is 18.1 Å². The molecule has 2 aliphatic rings. The number of amidine groups is 1. The van der Waals surface area contributed by atoms with Crippen molar-refractivity contribution in [3.63, 3.8) is 0 Å². The van der Waals surface area contributed by atoms with E-state index >= 15 is 0 Å². The largest absolute Gasteiger partial charge is 0.472 e. The smallest absolute Gasteiger partial charge is 0.198 e. The number of rotatable bonds is 2. The quantitative estimate of drug-likeness (QED) is 0.923. The van der Waals surface area contributed by atoms with Crippen molar-refractivity contribution in [1.82, 2.24) is 4.90 Å². The van der Waals surface area contributed by atoms with E-state index in [9.17, 15) is 4.39 Å². The van der Waals surface area contributed by atoms with Crippen LogP contribution in [0.4, 0.5) is 4.39 Å². The fourth-order valence-electron chi connectivity index (χ4n) is 3.16. The first-order chi connectivity index (χ1) is 10.7. The van der Waals surface area contributed by atoms with Gasteiger partial charge in [0.2, 0.25) is 0 Å². The van der Waals surface area contributed by atoms with Gasteiger partial charge in [0, 0.05) is 18.7 Å². The number of benzene rings is 1. The van der Waals surface area contributed by atoms with Gasteiger partial charge in [0.15, 0.2) is 11.5 Å². The highest BCUT2D eigenvalue weighted by atomic mass is 19.1. The summed E-state index contributed by atoms with van der Waals surface area (Å²) in [5.74, 6) is 0.830. The number of furan rings is 1. The lowest BCUT2D eigenvalue weighted by molar-refractivity contribution is 0.524. The van der Waals surface area contributed by atoms with Crippen molar-refractivity contribution in [3.8, 4) is 0 Å². The van der Waals surface area contributed by atoms with E-state index in [2.05, 4.69) is 9.98 Å². The van der Waals surface area contributed by atoms with Gasteiger partial charge in [-0.15, -0.1) is 0 Å². The third-order valence-corrected chi connectivity index (χ3v) is 4.12. The normalized spacial score (nSPS) is 24.0. The van der Waals surface area contributed by atoms with E-state index in [-0.39, 0.29) is 5.82 Å². The zero-order chi connectivity index (χ0) is 15.2. The van der Waals surface area contributed by atoms with E-state index in [0.717, 1.165) is 24.4 Å². The Hall–Kier alpha value is -2.63. The van der Waals surface area contributed by atoms with E-state index < -0.39 is 5.54 Å². The number of aliphatic imine (C=N–C) groups is 2. The summed E-state index contributed by atoms with van der Waals surface area (Å²) in [6.45, 7) is 1.48. The van der Waals surface area contributed by atoms with Crippen LogP contribution in [0.1, 0.15) is 17.5 Å². The molecule has 3 heterocycles. The number of hydrogen-bond acceptors (Lipinski definition) is 5. The highest BCUT2D eigenvalue weighted by molar-refractivity contribution is 6.12. The second-order valence-corrected chi connectivity index (χ2v) is 5.41. The Labute approximate surface area is 127 Å². The van der Waals surface area contributed by atoms with Gasteiger partial charge in [-0.1, -0.05) is 12.1 Å². The van der Waals surface area contributed by atoms with Crippen LogP contribution < -0.4 is 5.73 Å². The molecule has 4 rings (SSSR count). The Bertz CT molecular complexity index is 768. The summed E-state index contributed by atoms with van der Waals surface area (Å²) in [7, 11) is 0. The lowest BCUT2D eigenvalue weighted by atomic mass is 9.83. The molecule has 2 aromatic rings. The fourth-order valence-corrected chi connectivity index (χ4v) is 3.16. The first-order valence-electron chi connectivity index (χ1n) is 7.18. The number of halogens is 1. The lowest BCUT2D eigenvalue weighted by Crippen LogP contribution is -2.46. The Balaban J connectivity index is 2.00. The van der Waals surface area contributed by atoms with Gasteiger partial charge in [0.1, 0.15) is 11.7 Å². The number of nitrogens with two attached hydrogens (primary N) is 1. The van der Waals surface area contributed by atoms with Crippen LogP contribution in [0.25, 0.3) is 0 Å². The van der Waals surface area contributed by atoms with Crippen molar-refractivity contribution in [2.45, 2.75) is 12.0 Å². The average molecular weight is 298 g/mol. The molecular weight excluding hydrogens is 283 g/mol. The average Bonchev–Trinajstić information content (AvgIpc) is 3.15. The van der Waals surface area contributed by atoms with Gasteiger partial charge in [-0.3, -0.25) is 9.89 Å².